The number of hydrogen-bond donors (Lipinski definition) is 1. The largest absolute Gasteiger partial charge is 0.308 e. The number of hydrogen-bond acceptors (Lipinski definition) is 3. The summed E-state index contributed by atoms with van der Waals surface area (Å²) in [5.74, 6) is 0. The molecule has 0 fully saturated rings. The molecule has 86 valence electrons. The Bertz CT molecular complexity index is 424. The normalized spacial score (nSPS) is 12.9. The van der Waals surface area contributed by atoms with Gasteiger partial charge >= 0.3 is 0 Å². The molecule has 0 amide bonds. The van der Waals surface area contributed by atoms with E-state index in [0.29, 0.717) is 6.04 Å². The minimum Gasteiger partial charge on any atom is -0.308 e. The fourth-order valence-corrected chi connectivity index (χ4v) is 2.48. The summed E-state index contributed by atoms with van der Waals surface area (Å²) in [6.07, 6.45) is 3.76. The molecule has 2 aromatic heterocycles. The number of nitrogens with zero attached hydrogens (tertiary/aromatic N) is 2. The zero-order valence-electron chi connectivity index (χ0n) is 9.06. The summed E-state index contributed by atoms with van der Waals surface area (Å²) in [5.41, 5.74) is 1.25. The smallest absolute Gasteiger partial charge is 0.0931 e. The van der Waals surface area contributed by atoms with Gasteiger partial charge < -0.3 is 5.32 Å². The summed E-state index contributed by atoms with van der Waals surface area (Å²) in [6.45, 7) is 3.92. The molecule has 0 aliphatic heterocycles. The molecule has 0 saturated carbocycles. The molecule has 16 heavy (non-hydrogen) atoms. The molecule has 3 nitrogen and oxygen atoms in total. The molecule has 1 N–H and O–H groups in total. The minimum absolute atomic E-state index is 0.333. The third-order valence-electron chi connectivity index (χ3n) is 2.44. The molecule has 1 unspecified atom stereocenters. The molecule has 2 heterocycles. The molecule has 0 aliphatic rings. The third kappa shape index (κ3) is 3.07. The first kappa shape index (κ1) is 11.6. The minimum atomic E-state index is 0.333. The van der Waals surface area contributed by atoms with E-state index in [4.69, 9.17) is 11.6 Å². The van der Waals surface area contributed by atoms with Crippen LogP contribution in [0.5, 0.6) is 0 Å². The summed E-state index contributed by atoms with van der Waals surface area (Å²) in [4.78, 5) is 0. The summed E-state index contributed by atoms with van der Waals surface area (Å²) in [6, 6.07) is 4.28. The molecule has 2 aromatic rings. The van der Waals surface area contributed by atoms with Crippen LogP contribution < -0.4 is 5.32 Å². The molecule has 1 atom stereocenters. The van der Waals surface area contributed by atoms with Crippen LogP contribution >= 0.6 is 22.9 Å². The molecule has 0 saturated heterocycles. The fourth-order valence-electron chi connectivity index (χ4n) is 1.50. The van der Waals surface area contributed by atoms with Gasteiger partial charge in [-0.3, -0.25) is 4.68 Å². The second-order valence-electron chi connectivity index (χ2n) is 3.63. The van der Waals surface area contributed by atoms with E-state index in [1.165, 1.54) is 5.56 Å². The van der Waals surface area contributed by atoms with E-state index in [1.54, 1.807) is 17.5 Å². The Balaban J connectivity index is 1.78. The fraction of sp³-hybridized carbons (Fsp3) is 0.364. The highest BCUT2D eigenvalue weighted by molar-refractivity contribution is 7.14. The van der Waals surface area contributed by atoms with Crippen molar-refractivity contribution in [1.29, 1.82) is 0 Å². The van der Waals surface area contributed by atoms with Gasteiger partial charge in [-0.2, -0.15) is 5.10 Å². The van der Waals surface area contributed by atoms with Gasteiger partial charge in [0.05, 0.1) is 10.9 Å². The highest BCUT2D eigenvalue weighted by Crippen LogP contribution is 2.24. The van der Waals surface area contributed by atoms with Crippen molar-refractivity contribution in [3.63, 3.8) is 0 Å². The quantitative estimate of drug-likeness (QED) is 0.890. The monoisotopic (exact) mass is 255 g/mol. The Kier molecular flexibility index (Phi) is 3.98. The molecule has 0 bridgehead atoms. The molecule has 0 aliphatic carbocycles. The molecule has 0 radical (unpaired) electrons. The lowest BCUT2D eigenvalue weighted by Gasteiger charge is -2.12. The van der Waals surface area contributed by atoms with E-state index < -0.39 is 0 Å². The van der Waals surface area contributed by atoms with Gasteiger partial charge in [0.1, 0.15) is 0 Å². The molecule has 0 spiro atoms. The van der Waals surface area contributed by atoms with Crippen molar-refractivity contribution in [3.05, 3.63) is 39.8 Å². The highest BCUT2D eigenvalue weighted by atomic mass is 35.5. The topological polar surface area (TPSA) is 29.9 Å². The van der Waals surface area contributed by atoms with Crippen molar-refractivity contribution < 1.29 is 0 Å². The van der Waals surface area contributed by atoms with Gasteiger partial charge in [0.2, 0.25) is 0 Å². The number of rotatable bonds is 5. The van der Waals surface area contributed by atoms with Crippen molar-refractivity contribution in [2.24, 2.45) is 0 Å². The Morgan fingerprint density at radius 2 is 2.50 bits per heavy atom. The van der Waals surface area contributed by atoms with Crippen LogP contribution in [0.15, 0.2) is 29.9 Å². The lowest BCUT2D eigenvalue weighted by molar-refractivity contribution is 0.508. The Morgan fingerprint density at radius 1 is 1.62 bits per heavy atom. The molecule has 0 aromatic carbocycles. The van der Waals surface area contributed by atoms with E-state index in [9.17, 15) is 0 Å². The van der Waals surface area contributed by atoms with E-state index in [1.807, 2.05) is 23.0 Å². The average Bonchev–Trinajstić information content (AvgIpc) is 2.89. The van der Waals surface area contributed by atoms with Crippen molar-refractivity contribution in [3.8, 4) is 0 Å². The third-order valence-corrected chi connectivity index (χ3v) is 3.55. The lowest BCUT2D eigenvalue weighted by atomic mass is 10.2. The van der Waals surface area contributed by atoms with E-state index in [0.717, 1.165) is 17.4 Å². The van der Waals surface area contributed by atoms with Crippen molar-refractivity contribution in [2.75, 3.05) is 6.54 Å². The van der Waals surface area contributed by atoms with Crippen LogP contribution in [-0.2, 0) is 6.54 Å². The Morgan fingerprint density at radius 3 is 3.12 bits per heavy atom. The summed E-state index contributed by atoms with van der Waals surface area (Å²) in [7, 11) is 0. The first-order valence-corrected chi connectivity index (χ1v) is 6.46. The Labute approximate surface area is 104 Å². The predicted octanol–water partition coefficient (Wildman–Crippen LogP) is 2.95. The van der Waals surface area contributed by atoms with E-state index in [2.05, 4.69) is 22.7 Å². The van der Waals surface area contributed by atoms with Gasteiger partial charge in [0, 0.05) is 25.0 Å². The van der Waals surface area contributed by atoms with Gasteiger partial charge in [-0.1, -0.05) is 11.6 Å². The summed E-state index contributed by atoms with van der Waals surface area (Å²) in [5, 5.41) is 9.68. The van der Waals surface area contributed by atoms with Crippen LogP contribution in [0.4, 0.5) is 0 Å². The number of halogens is 1. The first-order valence-electron chi connectivity index (χ1n) is 5.20. The molecular weight excluding hydrogens is 242 g/mol. The van der Waals surface area contributed by atoms with Crippen LogP contribution in [0.25, 0.3) is 0 Å². The van der Waals surface area contributed by atoms with Gasteiger partial charge in [-0.15, -0.1) is 11.3 Å². The van der Waals surface area contributed by atoms with Crippen LogP contribution in [-0.4, -0.2) is 16.3 Å². The SMILES string of the molecule is CC(NCCn1cccn1)c1csc(Cl)c1. The molecular formula is C11H14ClN3S. The average molecular weight is 256 g/mol. The van der Waals surface area contributed by atoms with Crippen molar-refractivity contribution >= 4 is 22.9 Å². The van der Waals surface area contributed by atoms with Crippen LogP contribution in [0.1, 0.15) is 18.5 Å². The summed E-state index contributed by atoms with van der Waals surface area (Å²) >= 11 is 7.47. The highest BCUT2D eigenvalue weighted by Gasteiger charge is 2.06. The predicted molar refractivity (Wildman–Crippen MR) is 68.0 cm³/mol. The van der Waals surface area contributed by atoms with Gasteiger partial charge in [0.15, 0.2) is 0 Å². The number of aromatic nitrogens is 2. The standard InChI is InChI=1S/C11H14ClN3S/c1-9(10-7-11(12)16-8-10)13-4-6-15-5-2-3-14-15/h2-3,5,7-9,13H,4,6H2,1H3. The van der Waals surface area contributed by atoms with Crippen LogP contribution in [0.2, 0.25) is 4.34 Å². The molecule has 5 heteroatoms. The van der Waals surface area contributed by atoms with Gasteiger partial charge in [0.25, 0.3) is 0 Å². The zero-order chi connectivity index (χ0) is 11.4. The number of nitrogens with one attached hydrogen (secondary N) is 1. The maximum absolute atomic E-state index is 5.90. The maximum atomic E-state index is 5.90. The van der Waals surface area contributed by atoms with Gasteiger partial charge in [-0.25, -0.2) is 0 Å². The zero-order valence-corrected chi connectivity index (χ0v) is 10.6. The maximum Gasteiger partial charge on any atom is 0.0931 e. The van der Waals surface area contributed by atoms with Crippen molar-refractivity contribution in [2.45, 2.75) is 19.5 Å². The summed E-state index contributed by atoms with van der Waals surface area (Å²) < 4.78 is 2.76. The second kappa shape index (κ2) is 5.48. The van der Waals surface area contributed by atoms with E-state index in [-0.39, 0.29) is 0 Å². The van der Waals surface area contributed by atoms with E-state index >= 15 is 0 Å². The lowest BCUT2D eigenvalue weighted by Crippen LogP contribution is -2.23. The van der Waals surface area contributed by atoms with Crippen LogP contribution in [0, 0.1) is 0 Å². The van der Waals surface area contributed by atoms with Crippen LogP contribution in [0.3, 0.4) is 0 Å². The second-order valence-corrected chi connectivity index (χ2v) is 5.17. The first-order chi connectivity index (χ1) is 7.75. The number of thiophene rings is 1. The van der Waals surface area contributed by atoms with Crippen molar-refractivity contribution in [1.82, 2.24) is 15.1 Å². The Hall–Kier alpha value is -0.840. The van der Waals surface area contributed by atoms with Gasteiger partial charge in [-0.05, 0) is 30.0 Å². The molecule has 2 rings (SSSR count).